The first-order valence-electron chi connectivity index (χ1n) is 22.7. The highest BCUT2D eigenvalue weighted by molar-refractivity contribution is 6.09. The predicted molar refractivity (Wildman–Crippen MR) is 268 cm³/mol. The first kappa shape index (κ1) is 38.0. The quantitative estimate of drug-likeness (QED) is 0.157. The number of nitrogens with zero attached hydrogens (tertiary/aromatic N) is 6. The van der Waals surface area contributed by atoms with E-state index in [0.717, 1.165) is 55.1 Å². The van der Waals surface area contributed by atoms with Crippen molar-refractivity contribution in [3.8, 4) is 62.8 Å². The minimum Gasteiger partial charge on any atom is -0.436 e. The van der Waals surface area contributed by atoms with E-state index in [-0.39, 0.29) is 0 Å². The van der Waals surface area contributed by atoms with Gasteiger partial charge in [0.2, 0.25) is 17.7 Å². The van der Waals surface area contributed by atoms with Gasteiger partial charge in [-0.05, 0) is 94.0 Å². The summed E-state index contributed by atoms with van der Waals surface area (Å²) in [7, 11) is 0. The van der Waals surface area contributed by atoms with E-state index in [2.05, 4.69) is 156 Å². The molecule has 0 unspecified atom stereocenters. The second-order valence-corrected chi connectivity index (χ2v) is 17.2. The molecule has 0 amide bonds. The van der Waals surface area contributed by atoms with E-state index in [4.69, 9.17) is 33.8 Å². The molecule has 1 aliphatic rings. The standard InChI is InChI=1S/C60H36N6O2/c1-3-17-41(18-4-1)60(42-19-5-2-6-20-42)47-24-10-7-21-43(47)44-32-31-37(36-48(44)60)55-63-56(65-59(64-55)66-51-27-13-8-22-45(51)46-23-9-14-28-52(46)66)38-33-39(57-61-49-25-11-15-29-53(49)67-57)35-40(34-38)58-62-50-26-12-16-30-54(50)68-58/h1-36H. The van der Waals surface area contributed by atoms with Crippen LogP contribution in [0.1, 0.15) is 22.3 Å². The minimum atomic E-state index is -0.613. The van der Waals surface area contributed by atoms with Crippen LogP contribution in [0.4, 0.5) is 0 Å². The first-order valence-corrected chi connectivity index (χ1v) is 22.7. The molecule has 68 heavy (non-hydrogen) atoms. The largest absolute Gasteiger partial charge is 0.436 e. The fraction of sp³-hybridized carbons (Fsp3) is 0.0167. The lowest BCUT2D eigenvalue weighted by atomic mass is 9.67. The summed E-state index contributed by atoms with van der Waals surface area (Å²) in [5, 5.41) is 2.21. The van der Waals surface area contributed by atoms with Crippen LogP contribution in [0.25, 0.3) is 107 Å². The summed E-state index contributed by atoms with van der Waals surface area (Å²) < 4.78 is 15.0. The molecule has 0 atom stereocenters. The van der Waals surface area contributed by atoms with Gasteiger partial charge in [0.15, 0.2) is 22.8 Å². The monoisotopic (exact) mass is 872 g/mol. The van der Waals surface area contributed by atoms with Crippen LogP contribution in [0.5, 0.6) is 0 Å². The molecule has 0 saturated carbocycles. The number of aromatic nitrogens is 6. The molecular formula is C60H36N6O2. The van der Waals surface area contributed by atoms with E-state index >= 15 is 0 Å². The molecule has 4 aromatic heterocycles. The lowest BCUT2D eigenvalue weighted by molar-refractivity contribution is 0.617. The molecule has 0 aliphatic heterocycles. The van der Waals surface area contributed by atoms with Crippen LogP contribution in [-0.4, -0.2) is 29.5 Å². The maximum absolute atomic E-state index is 6.41. The van der Waals surface area contributed by atoms with Crippen molar-refractivity contribution in [2.24, 2.45) is 0 Å². The van der Waals surface area contributed by atoms with Crippen LogP contribution in [-0.2, 0) is 5.41 Å². The van der Waals surface area contributed by atoms with Crippen LogP contribution in [0.2, 0.25) is 0 Å². The summed E-state index contributed by atoms with van der Waals surface area (Å²) in [6.45, 7) is 0. The second kappa shape index (κ2) is 14.9. The highest BCUT2D eigenvalue weighted by atomic mass is 16.4. The highest BCUT2D eigenvalue weighted by Crippen LogP contribution is 2.56. The van der Waals surface area contributed by atoms with Gasteiger partial charge in [-0.3, -0.25) is 4.57 Å². The zero-order valence-electron chi connectivity index (χ0n) is 36.3. The van der Waals surface area contributed by atoms with Gasteiger partial charge < -0.3 is 8.83 Å². The molecular weight excluding hydrogens is 837 g/mol. The Morgan fingerprint density at radius 2 is 0.838 bits per heavy atom. The van der Waals surface area contributed by atoms with Gasteiger partial charge in [-0.1, -0.05) is 158 Å². The number of fused-ring (bicyclic) bond motifs is 8. The number of hydrogen-bond donors (Lipinski definition) is 0. The van der Waals surface area contributed by atoms with Crippen molar-refractivity contribution < 1.29 is 8.83 Å². The van der Waals surface area contributed by atoms with Gasteiger partial charge in [-0.15, -0.1) is 0 Å². The Bertz CT molecular complexity index is 3860. The molecule has 1 aliphatic carbocycles. The zero-order chi connectivity index (χ0) is 44.8. The third-order valence-corrected chi connectivity index (χ3v) is 13.4. The summed E-state index contributed by atoms with van der Waals surface area (Å²) >= 11 is 0. The summed E-state index contributed by atoms with van der Waals surface area (Å²) in [5.74, 6) is 2.39. The second-order valence-electron chi connectivity index (χ2n) is 17.2. The van der Waals surface area contributed by atoms with E-state index in [1.165, 1.54) is 27.8 Å². The van der Waals surface area contributed by atoms with Crippen LogP contribution in [0.3, 0.4) is 0 Å². The van der Waals surface area contributed by atoms with Gasteiger partial charge in [0.25, 0.3) is 0 Å². The van der Waals surface area contributed by atoms with Gasteiger partial charge in [-0.2, -0.15) is 9.97 Å². The lowest BCUT2D eigenvalue weighted by Crippen LogP contribution is -2.28. The molecule has 0 N–H and O–H groups in total. The number of oxazole rings is 2. The van der Waals surface area contributed by atoms with E-state index in [1.807, 2.05) is 66.7 Å². The average molecular weight is 873 g/mol. The van der Waals surface area contributed by atoms with Gasteiger partial charge in [0, 0.05) is 33.0 Å². The van der Waals surface area contributed by atoms with Crippen molar-refractivity contribution in [2.45, 2.75) is 5.41 Å². The van der Waals surface area contributed by atoms with Gasteiger partial charge >= 0.3 is 0 Å². The van der Waals surface area contributed by atoms with Crippen LogP contribution in [0.15, 0.2) is 227 Å². The highest BCUT2D eigenvalue weighted by Gasteiger charge is 2.46. The van der Waals surface area contributed by atoms with Gasteiger partial charge in [-0.25, -0.2) is 15.0 Å². The van der Waals surface area contributed by atoms with Gasteiger partial charge in [0.1, 0.15) is 11.0 Å². The number of benzene rings is 9. The summed E-state index contributed by atoms with van der Waals surface area (Å²) in [5.41, 5.74) is 14.4. The average Bonchev–Trinajstić information content (AvgIpc) is 4.19. The van der Waals surface area contributed by atoms with Crippen molar-refractivity contribution in [3.63, 3.8) is 0 Å². The van der Waals surface area contributed by atoms with Gasteiger partial charge in [0.05, 0.1) is 16.4 Å². The number of rotatable bonds is 7. The molecule has 0 radical (unpaired) electrons. The topological polar surface area (TPSA) is 95.7 Å². The fourth-order valence-corrected chi connectivity index (χ4v) is 10.4. The Morgan fingerprint density at radius 3 is 1.44 bits per heavy atom. The van der Waals surface area contributed by atoms with E-state index in [1.54, 1.807) is 0 Å². The fourth-order valence-electron chi connectivity index (χ4n) is 10.4. The molecule has 8 heteroatoms. The molecule has 0 saturated heterocycles. The molecule has 318 valence electrons. The third-order valence-electron chi connectivity index (χ3n) is 13.4. The van der Waals surface area contributed by atoms with Crippen LogP contribution >= 0.6 is 0 Å². The van der Waals surface area contributed by atoms with Crippen molar-refractivity contribution in [1.29, 1.82) is 0 Å². The van der Waals surface area contributed by atoms with E-state index < -0.39 is 5.41 Å². The summed E-state index contributed by atoms with van der Waals surface area (Å²) in [4.78, 5) is 26.1. The zero-order valence-corrected chi connectivity index (χ0v) is 36.3. The molecule has 14 rings (SSSR count). The third kappa shape index (κ3) is 5.77. The van der Waals surface area contributed by atoms with Crippen LogP contribution < -0.4 is 0 Å². The van der Waals surface area contributed by atoms with Crippen molar-refractivity contribution >= 4 is 44.0 Å². The lowest BCUT2D eigenvalue weighted by Gasteiger charge is -2.34. The normalized spacial score (nSPS) is 12.8. The van der Waals surface area contributed by atoms with Crippen molar-refractivity contribution in [3.05, 3.63) is 241 Å². The summed E-state index contributed by atoms with van der Waals surface area (Å²) in [6.07, 6.45) is 0. The molecule has 0 spiro atoms. The Labute approximate surface area is 389 Å². The molecule has 4 heterocycles. The van der Waals surface area contributed by atoms with E-state index in [9.17, 15) is 0 Å². The molecule has 8 nitrogen and oxygen atoms in total. The van der Waals surface area contributed by atoms with Crippen molar-refractivity contribution in [2.75, 3.05) is 0 Å². The minimum absolute atomic E-state index is 0.457. The Kier molecular flexibility index (Phi) is 8.33. The first-order chi connectivity index (χ1) is 33.7. The Morgan fingerprint density at radius 1 is 0.353 bits per heavy atom. The maximum Gasteiger partial charge on any atom is 0.238 e. The van der Waals surface area contributed by atoms with Crippen LogP contribution in [0, 0.1) is 0 Å². The smallest absolute Gasteiger partial charge is 0.238 e. The van der Waals surface area contributed by atoms with E-state index in [0.29, 0.717) is 46.1 Å². The Hall–Kier alpha value is -9.27. The van der Waals surface area contributed by atoms with Crippen molar-refractivity contribution in [1.82, 2.24) is 29.5 Å². The summed E-state index contributed by atoms with van der Waals surface area (Å²) in [6, 6.07) is 75.5. The number of para-hydroxylation sites is 6. The number of hydrogen-bond acceptors (Lipinski definition) is 7. The molecule has 9 aromatic carbocycles. The predicted octanol–water partition coefficient (Wildman–Crippen LogP) is 14.3. The SMILES string of the molecule is c1ccc(C2(c3ccccc3)c3ccccc3-c3ccc(-c4nc(-c5cc(-c6nc7ccccc7o6)cc(-c6nc7ccccc7o6)c5)nc(-n5c6ccccc6c6ccccc65)n4)cc32)cc1. The molecule has 13 aromatic rings. The maximum atomic E-state index is 6.41. The molecule has 0 bridgehead atoms. The Balaban J connectivity index is 1.05. The molecule has 0 fully saturated rings.